The molecule has 1 heterocycles. The largest absolute Gasteiger partial charge is 0.489 e. The van der Waals surface area contributed by atoms with Crippen LogP contribution in [-0.2, 0) is 27.4 Å². The standard InChI is InChI=1S/C29H30N2O5/c32-27(35-18-8-13-22-9-3-1-4-10-22)20-26-28(33)30-16-17-31(26)29(34)24-14-7-15-25(19-24)36-21-23-11-5-2-6-12-23/h1-7,9-12,14-15,19,26H,8,13,16-18,20-21H2,(H,30,33). The van der Waals surface area contributed by atoms with Gasteiger partial charge in [-0.25, -0.2) is 0 Å². The number of carbonyl (C=O) groups is 3. The van der Waals surface area contributed by atoms with Gasteiger partial charge in [0, 0.05) is 18.7 Å². The second-order valence-corrected chi connectivity index (χ2v) is 8.62. The van der Waals surface area contributed by atoms with Crippen LogP contribution in [0.1, 0.15) is 34.3 Å². The number of ether oxygens (including phenoxy) is 2. The number of carbonyl (C=O) groups excluding carboxylic acids is 3. The molecule has 1 N–H and O–H groups in total. The molecule has 0 spiro atoms. The van der Waals surface area contributed by atoms with Gasteiger partial charge in [0.1, 0.15) is 18.4 Å². The minimum Gasteiger partial charge on any atom is -0.489 e. The van der Waals surface area contributed by atoms with E-state index in [1.54, 1.807) is 24.3 Å². The number of aryl methyl sites for hydroxylation is 1. The molecular weight excluding hydrogens is 456 g/mol. The van der Waals surface area contributed by atoms with Crippen molar-refractivity contribution in [2.75, 3.05) is 19.7 Å². The molecule has 1 aliphatic rings. The van der Waals surface area contributed by atoms with Crippen LogP contribution >= 0.6 is 0 Å². The van der Waals surface area contributed by atoms with Gasteiger partial charge in [-0.05, 0) is 42.2 Å². The normalized spacial score (nSPS) is 15.2. The molecular formula is C29H30N2O5. The minimum atomic E-state index is -0.915. The van der Waals surface area contributed by atoms with Gasteiger partial charge in [-0.3, -0.25) is 14.4 Å². The van der Waals surface area contributed by atoms with Crippen molar-refractivity contribution in [1.29, 1.82) is 0 Å². The molecule has 0 saturated carbocycles. The second kappa shape index (κ2) is 12.5. The monoisotopic (exact) mass is 486 g/mol. The third kappa shape index (κ3) is 6.95. The predicted octanol–water partition coefficient (Wildman–Crippen LogP) is 3.77. The Balaban J connectivity index is 1.33. The number of rotatable bonds is 10. The number of hydrogen-bond acceptors (Lipinski definition) is 5. The smallest absolute Gasteiger partial charge is 0.308 e. The lowest BCUT2D eigenvalue weighted by atomic mass is 10.1. The zero-order chi connectivity index (χ0) is 25.2. The first-order valence-corrected chi connectivity index (χ1v) is 12.1. The molecule has 2 amide bonds. The molecule has 3 aromatic rings. The van der Waals surface area contributed by atoms with Crippen molar-refractivity contribution in [2.45, 2.75) is 31.9 Å². The van der Waals surface area contributed by atoms with Gasteiger partial charge < -0.3 is 19.7 Å². The number of nitrogens with one attached hydrogen (secondary N) is 1. The third-order valence-corrected chi connectivity index (χ3v) is 6.00. The molecule has 4 rings (SSSR count). The summed E-state index contributed by atoms with van der Waals surface area (Å²) in [5.41, 5.74) is 2.59. The van der Waals surface area contributed by atoms with Crippen molar-refractivity contribution in [3.8, 4) is 5.75 Å². The van der Waals surface area contributed by atoms with Crippen LogP contribution in [0, 0.1) is 0 Å². The van der Waals surface area contributed by atoms with E-state index in [9.17, 15) is 14.4 Å². The minimum absolute atomic E-state index is 0.187. The van der Waals surface area contributed by atoms with Crippen LogP contribution in [0.2, 0.25) is 0 Å². The Morgan fingerprint density at radius 1 is 0.917 bits per heavy atom. The lowest BCUT2D eigenvalue weighted by molar-refractivity contribution is -0.147. The van der Waals surface area contributed by atoms with Gasteiger partial charge in [0.2, 0.25) is 5.91 Å². The first-order valence-electron chi connectivity index (χ1n) is 12.1. The van der Waals surface area contributed by atoms with Crippen LogP contribution in [0.5, 0.6) is 5.75 Å². The van der Waals surface area contributed by atoms with E-state index in [-0.39, 0.29) is 24.8 Å². The molecule has 1 saturated heterocycles. The molecule has 7 heteroatoms. The van der Waals surface area contributed by atoms with Gasteiger partial charge in [0.25, 0.3) is 5.91 Å². The highest BCUT2D eigenvalue weighted by molar-refractivity contribution is 5.99. The van der Waals surface area contributed by atoms with Crippen LogP contribution in [0.4, 0.5) is 0 Å². The van der Waals surface area contributed by atoms with E-state index in [1.165, 1.54) is 10.5 Å². The average Bonchev–Trinajstić information content (AvgIpc) is 2.92. The summed E-state index contributed by atoms with van der Waals surface area (Å²) in [5, 5.41) is 2.75. The zero-order valence-corrected chi connectivity index (χ0v) is 20.1. The van der Waals surface area contributed by atoms with Crippen molar-refractivity contribution in [3.05, 3.63) is 102 Å². The van der Waals surface area contributed by atoms with E-state index in [0.717, 1.165) is 12.0 Å². The maximum Gasteiger partial charge on any atom is 0.308 e. The number of nitrogens with zero attached hydrogens (tertiary/aromatic N) is 1. The summed E-state index contributed by atoms with van der Waals surface area (Å²) in [5.74, 6) is -0.618. The fourth-order valence-corrected chi connectivity index (χ4v) is 4.11. The van der Waals surface area contributed by atoms with Gasteiger partial charge in [-0.2, -0.15) is 0 Å². The molecule has 36 heavy (non-hydrogen) atoms. The number of benzene rings is 3. The van der Waals surface area contributed by atoms with Gasteiger partial charge in [0.15, 0.2) is 0 Å². The first kappa shape index (κ1) is 25.0. The third-order valence-electron chi connectivity index (χ3n) is 6.00. The van der Waals surface area contributed by atoms with Gasteiger partial charge in [0.05, 0.1) is 13.0 Å². The molecule has 1 fully saturated rings. The fraction of sp³-hybridized carbons (Fsp3) is 0.276. The van der Waals surface area contributed by atoms with Crippen LogP contribution in [-0.4, -0.2) is 48.4 Å². The average molecular weight is 487 g/mol. The maximum atomic E-state index is 13.3. The van der Waals surface area contributed by atoms with Gasteiger partial charge >= 0.3 is 5.97 Å². The van der Waals surface area contributed by atoms with Crippen molar-refractivity contribution >= 4 is 17.8 Å². The lowest BCUT2D eigenvalue weighted by Gasteiger charge is -2.34. The highest BCUT2D eigenvalue weighted by Gasteiger charge is 2.35. The van der Waals surface area contributed by atoms with Gasteiger partial charge in [-0.1, -0.05) is 66.7 Å². The van der Waals surface area contributed by atoms with Crippen LogP contribution in [0.15, 0.2) is 84.9 Å². The summed E-state index contributed by atoms with van der Waals surface area (Å²) >= 11 is 0. The molecule has 3 aromatic carbocycles. The summed E-state index contributed by atoms with van der Waals surface area (Å²) in [6, 6.07) is 25.7. The summed E-state index contributed by atoms with van der Waals surface area (Å²) in [4.78, 5) is 39.8. The molecule has 0 bridgehead atoms. The number of esters is 1. The zero-order valence-electron chi connectivity index (χ0n) is 20.1. The molecule has 0 radical (unpaired) electrons. The van der Waals surface area contributed by atoms with Crippen molar-refractivity contribution in [2.24, 2.45) is 0 Å². The molecule has 0 aromatic heterocycles. The molecule has 1 atom stereocenters. The van der Waals surface area contributed by atoms with E-state index in [1.807, 2.05) is 60.7 Å². The topological polar surface area (TPSA) is 84.9 Å². The SMILES string of the molecule is O=C(CC1C(=O)NCCN1C(=O)c1cccc(OCc2ccccc2)c1)OCCCc1ccccc1. The second-order valence-electron chi connectivity index (χ2n) is 8.62. The number of piperazine rings is 1. The van der Waals surface area contributed by atoms with E-state index in [0.29, 0.717) is 37.4 Å². The summed E-state index contributed by atoms with van der Waals surface area (Å²) in [6.07, 6.45) is 1.30. The number of amides is 2. The van der Waals surface area contributed by atoms with Crippen LogP contribution in [0.25, 0.3) is 0 Å². The van der Waals surface area contributed by atoms with Crippen molar-refractivity contribution in [1.82, 2.24) is 10.2 Å². The van der Waals surface area contributed by atoms with Crippen molar-refractivity contribution in [3.63, 3.8) is 0 Å². The van der Waals surface area contributed by atoms with Crippen molar-refractivity contribution < 1.29 is 23.9 Å². The Labute approximate surface area is 211 Å². The molecule has 7 nitrogen and oxygen atoms in total. The Hall–Kier alpha value is -4.13. The summed E-state index contributed by atoms with van der Waals surface area (Å²) in [6.45, 7) is 1.28. The molecule has 0 aliphatic carbocycles. The Kier molecular flexibility index (Phi) is 8.70. The quantitative estimate of drug-likeness (QED) is 0.348. The van der Waals surface area contributed by atoms with Gasteiger partial charge in [-0.15, -0.1) is 0 Å². The summed E-state index contributed by atoms with van der Waals surface area (Å²) < 4.78 is 11.2. The predicted molar refractivity (Wildman–Crippen MR) is 135 cm³/mol. The molecule has 1 unspecified atom stereocenters. The van der Waals surface area contributed by atoms with E-state index >= 15 is 0 Å². The Bertz CT molecular complexity index is 1170. The maximum absolute atomic E-state index is 13.3. The number of hydrogen-bond donors (Lipinski definition) is 1. The van der Waals surface area contributed by atoms with Crippen LogP contribution in [0.3, 0.4) is 0 Å². The van der Waals surface area contributed by atoms with E-state index in [4.69, 9.17) is 9.47 Å². The molecule has 1 aliphatic heterocycles. The fourth-order valence-electron chi connectivity index (χ4n) is 4.11. The first-order chi connectivity index (χ1) is 17.6. The van der Waals surface area contributed by atoms with E-state index in [2.05, 4.69) is 5.32 Å². The van der Waals surface area contributed by atoms with Crippen LogP contribution < -0.4 is 10.1 Å². The Morgan fingerprint density at radius 2 is 1.64 bits per heavy atom. The lowest BCUT2D eigenvalue weighted by Crippen LogP contribution is -2.57. The Morgan fingerprint density at radius 3 is 2.39 bits per heavy atom. The van der Waals surface area contributed by atoms with E-state index < -0.39 is 12.0 Å². The molecule has 186 valence electrons. The highest BCUT2D eigenvalue weighted by atomic mass is 16.5. The highest BCUT2D eigenvalue weighted by Crippen LogP contribution is 2.20. The summed E-state index contributed by atoms with van der Waals surface area (Å²) in [7, 11) is 0.